The number of carbonyl (C=O) groups excluding carboxylic acids is 1. The van der Waals surface area contributed by atoms with Crippen LogP contribution >= 0.6 is 0 Å². The minimum atomic E-state index is -2.30. The van der Waals surface area contributed by atoms with E-state index in [2.05, 4.69) is 0 Å². The number of nitrogens with one attached hydrogen (secondary N) is 2. The Labute approximate surface area is 138 Å². The molecule has 2 N–H and O–H groups in total. The molecule has 0 saturated carbocycles. The average Bonchev–Trinajstić information content (AvgIpc) is 2.63. The van der Waals surface area contributed by atoms with Crippen molar-refractivity contribution in [2.75, 3.05) is 19.1 Å². The second-order valence-corrected chi connectivity index (χ2v) is 4.58. The molecule has 25 heavy (non-hydrogen) atoms. The van der Waals surface area contributed by atoms with Crippen molar-refractivity contribution in [2.45, 2.75) is 0 Å². The van der Waals surface area contributed by atoms with E-state index in [1.807, 2.05) is 0 Å². The van der Waals surface area contributed by atoms with Crippen LogP contribution in [0.2, 0.25) is 0 Å². The number of anilines is 1. The number of rotatable bonds is 6. The molecule has 0 unspecified atom stereocenters. The lowest BCUT2D eigenvalue weighted by Gasteiger charge is -2.12. The van der Waals surface area contributed by atoms with Gasteiger partial charge in [0.2, 0.25) is 5.82 Å². The molecule has 0 aliphatic heterocycles. The zero-order valence-corrected chi connectivity index (χ0v) is 12.6. The summed E-state index contributed by atoms with van der Waals surface area (Å²) in [7, 11) is 1.47. The van der Waals surface area contributed by atoms with E-state index in [9.17, 15) is 26.7 Å². The van der Waals surface area contributed by atoms with Gasteiger partial charge < -0.3 is 9.47 Å². The van der Waals surface area contributed by atoms with Crippen LogP contribution < -0.4 is 20.3 Å². The van der Waals surface area contributed by atoms with E-state index in [0.717, 1.165) is 0 Å². The molecule has 0 heterocycles. The van der Waals surface area contributed by atoms with Crippen molar-refractivity contribution in [1.29, 1.82) is 0 Å². The second kappa shape index (κ2) is 7.69. The Balaban J connectivity index is 1.96. The quantitative estimate of drug-likeness (QED) is 0.359. The first-order valence-corrected chi connectivity index (χ1v) is 6.68. The number of ether oxygens (including phenoxy) is 2. The SMILES string of the molecule is COc1ccc(OCC(=O)NNc2c(F)c(F)c(F)c(F)c2F)cc1. The van der Waals surface area contributed by atoms with Crippen LogP contribution in [-0.2, 0) is 4.79 Å². The van der Waals surface area contributed by atoms with Gasteiger partial charge in [-0.25, -0.2) is 22.0 Å². The van der Waals surface area contributed by atoms with Crippen LogP contribution in [0.3, 0.4) is 0 Å². The summed E-state index contributed by atoms with van der Waals surface area (Å²) in [5.41, 5.74) is 2.04. The van der Waals surface area contributed by atoms with Gasteiger partial charge in [-0.05, 0) is 24.3 Å². The first kappa shape index (κ1) is 18.3. The standard InChI is InChI=1S/C15H11F5N2O3/c1-24-7-2-4-8(5-3-7)25-6-9(23)21-22-15-13(19)11(17)10(16)12(18)14(15)20/h2-5,22H,6H2,1H3,(H,21,23). The van der Waals surface area contributed by atoms with Gasteiger partial charge in [0.25, 0.3) is 5.91 Å². The number of hydrogen-bond donors (Lipinski definition) is 2. The fourth-order valence-corrected chi connectivity index (χ4v) is 1.70. The van der Waals surface area contributed by atoms with E-state index < -0.39 is 47.3 Å². The lowest BCUT2D eigenvalue weighted by atomic mass is 10.2. The summed E-state index contributed by atoms with van der Waals surface area (Å²) in [6.45, 7) is -0.575. The molecule has 0 spiro atoms. The first-order valence-electron chi connectivity index (χ1n) is 6.68. The fraction of sp³-hybridized carbons (Fsp3) is 0.133. The van der Waals surface area contributed by atoms with Crippen molar-refractivity contribution < 1.29 is 36.2 Å². The Morgan fingerprint density at radius 3 is 1.88 bits per heavy atom. The normalized spacial score (nSPS) is 10.3. The van der Waals surface area contributed by atoms with Crippen LogP contribution in [0.1, 0.15) is 0 Å². The lowest BCUT2D eigenvalue weighted by molar-refractivity contribution is -0.122. The third-order valence-electron chi connectivity index (χ3n) is 2.97. The fourth-order valence-electron chi connectivity index (χ4n) is 1.70. The van der Waals surface area contributed by atoms with Gasteiger partial charge in [-0.3, -0.25) is 15.6 Å². The summed E-state index contributed by atoms with van der Waals surface area (Å²) in [6.07, 6.45) is 0. The number of benzene rings is 2. The highest BCUT2D eigenvalue weighted by Gasteiger charge is 2.26. The average molecular weight is 362 g/mol. The van der Waals surface area contributed by atoms with Gasteiger partial charge >= 0.3 is 0 Å². The minimum Gasteiger partial charge on any atom is -0.497 e. The maximum atomic E-state index is 13.4. The molecule has 2 rings (SSSR count). The monoisotopic (exact) mass is 362 g/mol. The minimum absolute atomic E-state index is 0.298. The third kappa shape index (κ3) is 4.08. The van der Waals surface area contributed by atoms with Crippen LogP contribution in [-0.4, -0.2) is 19.6 Å². The molecule has 5 nitrogen and oxygen atoms in total. The molecule has 0 atom stereocenters. The molecule has 10 heteroatoms. The Morgan fingerprint density at radius 1 is 0.880 bits per heavy atom. The molecule has 0 radical (unpaired) electrons. The van der Waals surface area contributed by atoms with Crippen molar-refractivity contribution in [2.24, 2.45) is 0 Å². The molecule has 1 amide bonds. The Morgan fingerprint density at radius 2 is 1.36 bits per heavy atom. The molecule has 0 aliphatic rings. The Hall–Kier alpha value is -3.04. The highest BCUT2D eigenvalue weighted by Crippen LogP contribution is 2.26. The van der Waals surface area contributed by atoms with Crippen LogP contribution in [0.5, 0.6) is 11.5 Å². The van der Waals surface area contributed by atoms with Gasteiger partial charge in [0.1, 0.15) is 17.2 Å². The van der Waals surface area contributed by atoms with Gasteiger partial charge in [-0.2, -0.15) is 0 Å². The van der Waals surface area contributed by atoms with Crippen molar-refractivity contribution in [3.8, 4) is 11.5 Å². The summed E-state index contributed by atoms with van der Waals surface area (Å²) in [5.74, 6) is -10.8. The van der Waals surface area contributed by atoms with Crippen molar-refractivity contribution >= 4 is 11.6 Å². The highest BCUT2D eigenvalue weighted by atomic mass is 19.2. The number of hydrogen-bond acceptors (Lipinski definition) is 4. The molecule has 0 bridgehead atoms. The van der Waals surface area contributed by atoms with Crippen molar-refractivity contribution in [1.82, 2.24) is 5.43 Å². The summed E-state index contributed by atoms with van der Waals surface area (Å²) in [5, 5.41) is 0. The number of methoxy groups -OCH3 is 1. The zero-order chi connectivity index (χ0) is 18.6. The maximum Gasteiger partial charge on any atom is 0.276 e. The number of carbonyl (C=O) groups is 1. The van der Waals surface area contributed by atoms with Gasteiger partial charge in [-0.1, -0.05) is 0 Å². The molecule has 2 aromatic rings. The van der Waals surface area contributed by atoms with Crippen LogP contribution in [0.25, 0.3) is 0 Å². The topological polar surface area (TPSA) is 59.6 Å². The van der Waals surface area contributed by atoms with Crippen molar-refractivity contribution in [3.63, 3.8) is 0 Å². The molecule has 0 aliphatic carbocycles. The van der Waals surface area contributed by atoms with E-state index in [0.29, 0.717) is 11.5 Å². The Bertz CT molecular complexity index is 755. The van der Waals surface area contributed by atoms with Gasteiger partial charge in [0.05, 0.1) is 7.11 Å². The third-order valence-corrected chi connectivity index (χ3v) is 2.97. The lowest BCUT2D eigenvalue weighted by Crippen LogP contribution is -2.34. The van der Waals surface area contributed by atoms with Gasteiger partial charge in [0.15, 0.2) is 29.9 Å². The van der Waals surface area contributed by atoms with E-state index in [1.54, 1.807) is 23.0 Å². The number of halogens is 5. The van der Waals surface area contributed by atoms with Crippen LogP contribution in [0.15, 0.2) is 24.3 Å². The molecular formula is C15H11F5N2O3. The maximum absolute atomic E-state index is 13.4. The molecule has 0 saturated heterocycles. The molecule has 0 fully saturated rings. The highest BCUT2D eigenvalue weighted by molar-refractivity contribution is 5.79. The zero-order valence-electron chi connectivity index (χ0n) is 12.6. The van der Waals surface area contributed by atoms with E-state index in [-0.39, 0.29) is 0 Å². The van der Waals surface area contributed by atoms with Gasteiger partial charge in [0, 0.05) is 0 Å². The van der Waals surface area contributed by atoms with Crippen molar-refractivity contribution in [3.05, 3.63) is 53.4 Å². The predicted molar refractivity (Wildman–Crippen MR) is 76.5 cm³/mol. The van der Waals surface area contributed by atoms with E-state index in [1.165, 1.54) is 19.2 Å². The molecular weight excluding hydrogens is 351 g/mol. The second-order valence-electron chi connectivity index (χ2n) is 4.58. The molecule has 134 valence electrons. The first-order chi connectivity index (χ1) is 11.8. The summed E-state index contributed by atoms with van der Waals surface area (Å²) in [4.78, 5) is 11.5. The molecule has 0 aromatic heterocycles. The largest absolute Gasteiger partial charge is 0.497 e. The molecule has 2 aromatic carbocycles. The number of amides is 1. The van der Waals surface area contributed by atoms with Crippen LogP contribution in [0.4, 0.5) is 27.6 Å². The van der Waals surface area contributed by atoms with Gasteiger partial charge in [-0.15, -0.1) is 0 Å². The van der Waals surface area contributed by atoms with E-state index in [4.69, 9.17) is 9.47 Å². The van der Waals surface area contributed by atoms with E-state index >= 15 is 0 Å². The summed E-state index contributed by atoms with van der Waals surface area (Å²) in [6, 6.07) is 6.15. The predicted octanol–water partition coefficient (Wildman–Crippen LogP) is 2.91. The smallest absolute Gasteiger partial charge is 0.276 e. The Kier molecular flexibility index (Phi) is 5.63. The summed E-state index contributed by atoms with van der Waals surface area (Å²) < 4.78 is 75.7. The summed E-state index contributed by atoms with van der Waals surface area (Å²) >= 11 is 0. The number of hydrazine groups is 1. The van der Waals surface area contributed by atoms with Crippen LogP contribution in [0, 0.1) is 29.1 Å².